The summed E-state index contributed by atoms with van der Waals surface area (Å²) in [6.07, 6.45) is 0. The minimum absolute atomic E-state index is 0.796. The normalized spacial score (nSPS) is 10.7. The van der Waals surface area contributed by atoms with Crippen molar-refractivity contribution < 1.29 is 0 Å². The zero-order chi connectivity index (χ0) is 11.0. The van der Waals surface area contributed by atoms with Gasteiger partial charge in [-0.3, -0.25) is 0 Å². The molecule has 0 radical (unpaired) electrons. The van der Waals surface area contributed by atoms with Crippen molar-refractivity contribution in [3.05, 3.63) is 28.5 Å². The highest BCUT2D eigenvalue weighted by Gasteiger charge is 2.07. The highest BCUT2D eigenvalue weighted by molar-refractivity contribution is 9.10. The van der Waals surface area contributed by atoms with Gasteiger partial charge in [-0.25, -0.2) is 9.97 Å². The lowest BCUT2D eigenvalue weighted by atomic mass is 10.2. The van der Waals surface area contributed by atoms with E-state index in [2.05, 4.69) is 25.9 Å². The zero-order valence-corrected chi connectivity index (χ0v) is 10.5. The summed E-state index contributed by atoms with van der Waals surface area (Å²) in [7, 11) is 3.98. The summed E-state index contributed by atoms with van der Waals surface area (Å²) in [6.45, 7) is 1.91. The van der Waals surface area contributed by atoms with Crippen LogP contribution in [0, 0.1) is 6.92 Å². The van der Waals surface area contributed by atoms with Gasteiger partial charge in [0, 0.05) is 24.0 Å². The van der Waals surface area contributed by atoms with Crippen molar-refractivity contribution >= 4 is 32.7 Å². The van der Waals surface area contributed by atoms with E-state index >= 15 is 0 Å². The van der Waals surface area contributed by atoms with Gasteiger partial charge < -0.3 is 4.90 Å². The van der Waals surface area contributed by atoms with E-state index in [1.165, 1.54) is 0 Å². The van der Waals surface area contributed by atoms with Crippen molar-refractivity contribution in [1.29, 1.82) is 0 Å². The zero-order valence-electron chi connectivity index (χ0n) is 8.95. The number of fused-ring (bicyclic) bond motifs is 1. The molecule has 0 N–H and O–H groups in total. The van der Waals surface area contributed by atoms with Gasteiger partial charge in [-0.1, -0.05) is 15.9 Å². The second-order valence-corrected chi connectivity index (χ2v) is 4.57. The number of rotatable bonds is 1. The number of aryl methyl sites for hydroxylation is 1. The van der Waals surface area contributed by atoms with Gasteiger partial charge in [0.1, 0.15) is 11.6 Å². The van der Waals surface area contributed by atoms with E-state index in [-0.39, 0.29) is 0 Å². The molecule has 0 unspecified atom stereocenters. The van der Waals surface area contributed by atoms with Crippen LogP contribution in [0.2, 0.25) is 0 Å². The molecule has 0 saturated heterocycles. The van der Waals surface area contributed by atoms with Crippen molar-refractivity contribution in [3.63, 3.8) is 0 Å². The maximum atomic E-state index is 4.43. The van der Waals surface area contributed by atoms with Gasteiger partial charge in [0.15, 0.2) is 0 Å². The Labute approximate surface area is 97.3 Å². The first-order valence-electron chi connectivity index (χ1n) is 4.69. The van der Waals surface area contributed by atoms with E-state index in [9.17, 15) is 0 Å². The fraction of sp³-hybridized carbons (Fsp3) is 0.273. The first-order valence-corrected chi connectivity index (χ1v) is 5.48. The molecular weight excluding hydrogens is 254 g/mol. The highest BCUT2D eigenvalue weighted by Crippen LogP contribution is 2.25. The number of anilines is 1. The summed E-state index contributed by atoms with van der Waals surface area (Å²) in [4.78, 5) is 10.8. The molecule has 0 fully saturated rings. The Morgan fingerprint density at radius 2 is 1.93 bits per heavy atom. The molecule has 3 nitrogen and oxygen atoms in total. The molecule has 0 saturated carbocycles. The van der Waals surface area contributed by atoms with Crippen LogP contribution < -0.4 is 4.90 Å². The highest BCUT2D eigenvalue weighted by atomic mass is 79.9. The van der Waals surface area contributed by atoms with Crippen molar-refractivity contribution in [2.24, 2.45) is 0 Å². The molecular formula is C11H12BrN3. The Morgan fingerprint density at radius 1 is 1.20 bits per heavy atom. The number of hydrogen-bond donors (Lipinski definition) is 0. The first-order chi connectivity index (χ1) is 7.08. The third-order valence-electron chi connectivity index (χ3n) is 2.17. The number of aromatic nitrogens is 2. The van der Waals surface area contributed by atoms with Crippen LogP contribution >= 0.6 is 15.9 Å². The predicted molar refractivity (Wildman–Crippen MR) is 66.3 cm³/mol. The van der Waals surface area contributed by atoms with E-state index in [0.29, 0.717) is 0 Å². The van der Waals surface area contributed by atoms with Gasteiger partial charge in [-0.05, 0) is 25.1 Å². The molecule has 78 valence electrons. The van der Waals surface area contributed by atoms with Crippen molar-refractivity contribution in [2.75, 3.05) is 19.0 Å². The molecule has 1 aromatic heterocycles. The van der Waals surface area contributed by atoms with Gasteiger partial charge >= 0.3 is 0 Å². The molecule has 0 atom stereocenters. The van der Waals surface area contributed by atoms with Gasteiger partial charge in [0.2, 0.25) is 0 Å². The van der Waals surface area contributed by atoms with E-state index in [1.807, 2.05) is 44.1 Å². The molecule has 0 spiro atoms. The molecule has 4 heteroatoms. The molecule has 0 amide bonds. The van der Waals surface area contributed by atoms with Crippen LogP contribution in [-0.2, 0) is 0 Å². The van der Waals surface area contributed by atoms with E-state index < -0.39 is 0 Å². The van der Waals surface area contributed by atoms with Gasteiger partial charge in [0.05, 0.1) is 5.52 Å². The Kier molecular flexibility index (Phi) is 2.61. The number of hydrogen-bond acceptors (Lipinski definition) is 3. The average molecular weight is 266 g/mol. The summed E-state index contributed by atoms with van der Waals surface area (Å²) in [5.41, 5.74) is 0.973. The van der Waals surface area contributed by atoms with Gasteiger partial charge in [-0.2, -0.15) is 0 Å². The molecule has 0 aliphatic heterocycles. The first kappa shape index (κ1) is 10.4. The van der Waals surface area contributed by atoms with Crippen molar-refractivity contribution in [2.45, 2.75) is 6.92 Å². The van der Waals surface area contributed by atoms with Crippen LogP contribution in [0.25, 0.3) is 10.9 Å². The quantitative estimate of drug-likeness (QED) is 0.794. The second kappa shape index (κ2) is 3.77. The summed E-state index contributed by atoms with van der Waals surface area (Å²) in [5, 5.41) is 1.08. The predicted octanol–water partition coefficient (Wildman–Crippen LogP) is 2.77. The summed E-state index contributed by atoms with van der Waals surface area (Å²) < 4.78 is 1.04. The maximum absolute atomic E-state index is 4.43. The Bertz CT molecular complexity index is 503. The van der Waals surface area contributed by atoms with Gasteiger partial charge in [0.25, 0.3) is 0 Å². The van der Waals surface area contributed by atoms with Crippen molar-refractivity contribution in [1.82, 2.24) is 9.97 Å². The van der Waals surface area contributed by atoms with Crippen LogP contribution in [0.5, 0.6) is 0 Å². The second-order valence-electron chi connectivity index (χ2n) is 3.65. The monoisotopic (exact) mass is 265 g/mol. The Balaban J connectivity index is 2.80. The third-order valence-corrected chi connectivity index (χ3v) is 2.67. The minimum Gasteiger partial charge on any atom is -0.362 e. The molecule has 0 aliphatic rings. The Morgan fingerprint density at radius 3 is 2.60 bits per heavy atom. The van der Waals surface area contributed by atoms with Gasteiger partial charge in [-0.15, -0.1) is 0 Å². The lowest BCUT2D eigenvalue weighted by Gasteiger charge is -2.14. The SMILES string of the molecule is Cc1nc(N(C)C)c2ccc(Br)cc2n1. The lowest BCUT2D eigenvalue weighted by Crippen LogP contribution is -2.12. The third kappa shape index (κ3) is 1.95. The number of nitrogens with zero attached hydrogens (tertiary/aromatic N) is 3. The fourth-order valence-corrected chi connectivity index (χ4v) is 1.89. The lowest BCUT2D eigenvalue weighted by molar-refractivity contribution is 1.02. The molecule has 0 aliphatic carbocycles. The molecule has 1 aromatic carbocycles. The smallest absolute Gasteiger partial charge is 0.139 e. The molecule has 2 aromatic rings. The molecule has 15 heavy (non-hydrogen) atoms. The van der Waals surface area contributed by atoms with Crippen molar-refractivity contribution in [3.8, 4) is 0 Å². The summed E-state index contributed by atoms with van der Waals surface area (Å²) in [6, 6.07) is 6.05. The number of benzene rings is 1. The molecule has 2 rings (SSSR count). The maximum Gasteiger partial charge on any atom is 0.139 e. The molecule has 1 heterocycles. The summed E-state index contributed by atoms with van der Waals surface area (Å²) in [5.74, 6) is 1.76. The summed E-state index contributed by atoms with van der Waals surface area (Å²) >= 11 is 3.44. The van der Waals surface area contributed by atoms with Crippen LogP contribution in [0.1, 0.15) is 5.82 Å². The van der Waals surface area contributed by atoms with E-state index in [0.717, 1.165) is 27.0 Å². The largest absolute Gasteiger partial charge is 0.362 e. The average Bonchev–Trinajstić information content (AvgIpc) is 2.15. The van der Waals surface area contributed by atoms with Crippen LogP contribution in [0.4, 0.5) is 5.82 Å². The fourth-order valence-electron chi connectivity index (χ4n) is 1.54. The number of halogens is 1. The van der Waals surface area contributed by atoms with Crippen LogP contribution in [-0.4, -0.2) is 24.1 Å². The Hall–Kier alpha value is -1.16. The van der Waals surface area contributed by atoms with Crippen LogP contribution in [0.3, 0.4) is 0 Å². The van der Waals surface area contributed by atoms with Crippen LogP contribution in [0.15, 0.2) is 22.7 Å². The van der Waals surface area contributed by atoms with E-state index in [4.69, 9.17) is 0 Å². The van der Waals surface area contributed by atoms with E-state index in [1.54, 1.807) is 0 Å². The minimum atomic E-state index is 0.796. The topological polar surface area (TPSA) is 29.0 Å². The standard InChI is InChI=1S/C11H12BrN3/c1-7-13-10-6-8(12)4-5-9(10)11(14-7)15(2)3/h4-6H,1-3H3. The molecule has 0 bridgehead atoms.